The molecule has 1 amide bonds. The molecule has 0 fully saturated rings. The van der Waals surface area contributed by atoms with Crippen LogP contribution in [0.3, 0.4) is 0 Å². The average molecular weight is 363 g/mol. The summed E-state index contributed by atoms with van der Waals surface area (Å²) < 4.78 is 24.9. The van der Waals surface area contributed by atoms with Gasteiger partial charge in [0.05, 0.1) is 6.54 Å². The minimum atomic E-state index is -0.432. The van der Waals surface area contributed by atoms with Crippen molar-refractivity contribution in [2.45, 2.75) is 12.5 Å². The second-order valence-electron chi connectivity index (χ2n) is 6.35. The molecule has 0 aromatic heterocycles. The van der Waals surface area contributed by atoms with Crippen molar-refractivity contribution >= 4 is 5.91 Å². The Bertz CT molecular complexity index is 959. The van der Waals surface area contributed by atoms with Gasteiger partial charge < -0.3 is 14.8 Å². The Hall–Kier alpha value is -3.34. The molecular weight excluding hydrogens is 345 g/mol. The van der Waals surface area contributed by atoms with Gasteiger partial charge in [-0.25, -0.2) is 4.39 Å². The Kier molecular flexibility index (Phi) is 4.75. The van der Waals surface area contributed by atoms with Gasteiger partial charge in [-0.2, -0.15) is 0 Å². The molecule has 4 nitrogen and oxygen atoms in total. The van der Waals surface area contributed by atoms with Crippen molar-refractivity contribution < 1.29 is 18.7 Å². The Morgan fingerprint density at radius 2 is 1.89 bits per heavy atom. The van der Waals surface area contributed by atoms with Gasteiger partial charge in [-0.05, 0) is 48.5 Å². The SMILES string of the molecule is O=C(NC[C@@H]1Cc2cc(Oc3ccccc3)ccc2O1)c1cccc(F)c1. The zero-order valence-electron chi connectivity index (χ0n) is 14.5. The summed E-state index contributed by atoms with van der Waals surface area (Å²) in [6, 6.07) is 20.9. The second-order valence-corrected chi connectivity index (χ2v) is 6.35. The largest absolute Gasteiger partial charge is 0.488 e. The molecule has 0 aliphatic carbocycles. The predicted molar refractivity (Wildman–Crippen MR) is 99.8 cm³/mol. The molecule has 0 saturated carbocycles. The van der Waals surface area contributed by atoms with Gasteiger partial charge in [0.1, 0.15) is 29.2 Å². The second kappa shape index (κ2) is 7.50. The first kappa shape index (κ1) is 17.1. The van der Waals surface area contributed by atoms with Crippen molar-refractivity contribution in [3.05, 3.63) is 89.7 Å². The van der Waals surface area contributed by atoms with Crippen molar-refractivity contribution in [3.63, 3.8) is 0 Å². The molecule has 1 aliphatic rings. The first-order valence-corrected chi connectivity index (χ1v) is 8.73. The van der Waals surface area contributed by atoms with Crippen LogP contribution in [0.2, 0.25) is 0 Å². The Morgan fingerprint density at radius 3 is 2.70 bits per heavy atom. The van der Waals surface area contributed by atoms with Crippen LogP contribution in [0.15, 0.2) is 72.8 Å². The number of halogens is 1. The average Bonchev–Trinajstić information content (AvgIpc) is 3.09. The van der Waals surface area contributed by atoms with E-state index in [1.165, 1.54) is 18.2 Å². The lowest BCUT2D eigenvalue weighted by molar-refractivity contribution is 0.0933. The maximum Gasteiger partial charge on any atom is 0.251 e. The van der Waals surface area contributed by atoms with Crippen molar-refractivity contribution in [2.75, 3.05) is 6.54 Å². The quantitative estimate of drug-likeness (QED) is 0.733. The van der Waals surface area contributed by atoms with Crippen LogP contribution in [0.5, 0.6) is 17.2 Å². The smallest absolute Gasteiger partial charge is 0.251 e. The molecule has 1 atom stereocenters. The maximum atomic E-state index is 13.2. The molecule has 3 aromatic rings. The topological polar surface area (TPSA) is 47.6 Å². The molecule has 1 aliphatic heterocycles. The van der Waals surface area contributed by atoms with Gasteiger partial charge in [0, 0.05) is 17.5 Å². The van der Waals surface area contributed by atoms with Crippen LogP contribution >= 0.6 is 0 Å². The van der Waals surface area contributed by atoms with Gasteiger partial charge in [-0.3, -0.25) is 4.79 Å². The fraction of sp³-hybridized carbons (Fsp3) is 0.136. The molecule has 1 N–H and O–H groups in total. The fourth-order valence-electron chi connectivity index (χ4n) is 3.04. The lowest BCUT2D eigenvalue weighted by Gasteiger charge is -2.12. The third-order valence-electron chi connectivity index (χ3n) is 4.33. The number of hydrogen-bond donors (Lipinski definition) is 1. The number of fused-ring (bicyclic) bond motifs is 1. The molecule has 0 unspecified atom stereocenters. The number of benzene rings is 3. The molecule has 0 bridgehead atoms. The van der Waals surface area contributed by atoms with E-state index < -0.39 is 5.82 Å². The normalized spacial score (nSPS) is 14.9. The van der Waals surface area contributed by atoms with E-state index in [1.54, 1.807) is 6.07 Å². The molecule has 136 valence electrons. The Balaban J connectivity index is 1.36. The highest BCUT2D eigenvalue weighted by Gasteiger charge is 2.24. The number of carbonyl (C=O) groups is 1. The Labute approximate surface area is 156 Å². The van der Waals surface area contributed by atoms with Crippen molar-refractivity contribution in [2.24, 2.45) is 0 Å². The highest BCUT2D eigenvalue weighted by molar-refractivity contribution is 5.94. The van der Waals surface area contributed by atoms with Crippen LogP contribution in [0, 0.1) is 5.82 Å². The summed E-state index contributed by atoms with van der Waals surface area (Å²) in [5, 5.41) is 2.80. The van der Waals surface area contributed by atoms with Crippen molar-refractivity contribution in [3.8, 4) is 17.2 Å². The van der Waals surface area contributed by atoms with E-state index in [9.17, 15) is 9.18 Å². The monoisotopic (exact) mass is 363 g/mol. The number of carbonyl (C=O) groups excluding carboxylic acids is 1. The molecule has 3 aromatic carbocycles. The summed E-state index contributed by atoms with van der Waals surface area (Å²) in [4.78, 5) is 12.1. The van der Waals surface area contributed by atoms with E-state index in [0.29, 0.717) is 18.5 Å². The summed E-state index contributed by atoms with van der Waals surface area (Å²) in [7, 11) is 0. The number of amides is 1. The zero-order valence-corrected chi connectivity index (χ0v) is 14.5. The first-order valence-electron chi connectivity index (χ1n) is 8.73. The first-order chi connectivity index (χ1) is 13.2. The van der Waals surface area contributed by atoms with E-state index in [-0.39, 0.29) is 12.0 Å². The van der Waals surface area contributed by atoms with Crippen LogP contribution < -0.4 is 14.8 Å². The summed E-state index contributed by atoms with van der Waals surface area (Å²) in [6.45, 7) is 0.346. The minimum Gasteiger partial charge on any atom is -0.488 e. The summed E-state index contributed by atoms with van der Waals surface area (Å²) in [5.41, 5.74) is 1.33. The van der Waals surface area contributed by atoms with Gasteiger partial charge in [-0.1, -0.05) is 24.3 Å². The van der Waals surface area contributed by atoms with E-state index in [0.717, 1.165) is 22.8 Å². The van der Waals surface area contributed by atoms with Gasteiger partial charge in [-0.15, -0.1) is 0 Å². The van der Waals surface area contributed by atoms with Crippen LogP contribution in [0.25, 0.3) is 0 Å². The van der Waals surface area contributed by atoms with E-state index in [2.05, 4.69) is 5.32 Å². The van der Waals surface area contributed by atoms with E-state index in [1.807, 2.05) is 48.5 Å². The third-order valence-corrected chi connectivity index (χ3v) is 4.33. The number of hydrogen-bond acceptors (Lipinski definition) is 3. The molecule has 0 radical (unpaired) electrons. The zero-order chi connectivity index (χ0) is 18.6. The van der Waals surface area contributed by atoms with Gasteiger partial charge in [0.15, 0.2) is 0 Å². The van der Waals surface area contributed by atoms with E-state index in [4.69, 9.17) is 9.47 Å². The summed E-state index contributed by atoms with van der Waals surface area (Å²) in [6.07, 6.45) is 0.509. The van der Waals surface area contributed by atoms with Gasteiger partial charge >= 0.3 is 0 Å². The number of para-hydroxylation sites is 1. The van der Waals surface area contributed by atoms with Gasteiger partial charge in [0.25, 0.3) is 5.91 Å². The minimum absolute atomic E-state index is 0.163. The van der Waals surface area contributed by atoms with Gasteiger partial charge in [0.2, 0.25) is 0 Å². The number of rotatable bonds is 5. The highest BCUT2D eigenvalue weighted by atomic mass is 19.1. The molecule has 0 saturated heterocycles. The van der Waals surface area contributed by atoms with Crippen LogP contribution in [-0.2, 0) is 6.42 Å². The van der Waals surface area contributed by atoms with Crippen LogP contribution in [0.1, 0.15) is 15.9 Å². The maximum absolute atomic E-state index is 13.2. The molecule has 27 heavy (non-hydrogen) atoms. The fourth-order valence-corrected chi connectivity index (χ4v) is 3.04. The summed E-state index contributed by atoms with van der Waals surface area (Å²) >= 11 is 0. The third kappa shape index (κ3) is 4.08. The lowest BCUT2D eigenvalue weighted by Crippen LogP contribution is -2.34. The standard InChI is InChI=1S/C22H18FNO3/c23-17-6-4-5-15(11-17)22(25)24-14-20-13-16-12-19(9-10-21(16)27-20)26-18-7-2-1-3-8-18/h1-12,20H,13-14H2,(H,24,25)/t20-/m0/s1. The lowest BCUT2D eigenvalue weighted by atomic mass is 10.1. The molecule has 4 rings (SSSR count). The molecule has 5 heteroatoms. The Morgan fingerprint density at radius 1 is 1.04 bits per heavy atom. The van der Waals surface area contributed by atoms with Crippen LogP contribution in [0.4, 0.5) is 4.39 Å². The predicted octanol–water partition coefficient (Wildman–Crippen LogP) is 4.35. The molecular formula is C22H18FNO3. The summed E-state index contributed by atoms with van der Waals surface area (Å²) in [5.74, 6) is 1.56. The highest BCUT2D eigenvalue weighted by Crippen LogP contribution is 2.33. The molecule has 1 heterocycles. The van der Waals surface area contributed by atoms with Crippen molar-refractivity contribution in [1.82, 2.24) is 5.32 Å². The number of nitrogens with one attached hydrogen (secondary N) is 1. The van der Waals surface area contributed by atoms with Crippen LogP contribution in [-0.4, -0.2) is 18.6 Å². The van der Waals surface area contributed by atoms with E-state index >= 15 is 0 Å². The van der Waals surface area contributed by atoms with Crippen molar-refractivity contribution in [1.29, 1.82) is 0 Å². The molecule has 0 spiro atoms. The number of ether oxygens (including phenoxy) is 2.